The smallest absolute Gasteiger partial charge is 0.147 e. The van der Waals surface area contributed by atoms with Crippen LogP contribution in [0.5, 0.6) is 0 Å². The molecule has 0 spiro atoms. The lowest BCUT2D eigenvalue weighted by atomic mass is 9.98. The van der Waals surface area contributed by atoms with Crippen molar-refractivity contribution in [2.45, 2.75) is 37.9 Å². The number of hydrogen-bond donors (Lipinski definition) is 0. The summed E-state index contributed by atoms with van der Waals surface area (Å²) in [6.45, 7) is 4.26. The van der Waals surface area contributed by atoms with E-state index in [1.807, 2.05) is 0 Å². The molecule has 0 fully saturated rings. The predicted molar refractivity (Wildman–Crippen MR) is 61.1 cm³/mol. The fraction of sp³-hybridized carbons (Fsp3) is 1.00. The van der Waals surface area contributed by atoms with Crippen LogP contribution >= 0.6 is 15.9 Å². The van der Waals surface area contributed by atoms with Gasteiger partial charge in [0.1, 0.15) is 9.84 Å². The van der Waals surface area contributed by atoms with Gasteiger partial charge in [-0.15, -0.1) is 0 Å². The van der Waals surface area contributed by atoms with Crippen molar-refractivity contribution in [2.24, 2.45) is 5.92 Å². The van der Waals surface area contributed by atoms with Crippen molar-refractivity contribution in [3.05, 3.63) is 0 Å². The van der Waals surface area contributed by atoms with Crippen LogP contribution in [0.15, 0.2) is 0 Å². The second-order valence-corrected chi connectivity index (χ2v) is 7.32. The lowest BCUT2D eigenvalue weighted by Crippen LogP contribution is -2.12. The molecule has 0 aliphatic rings. The van der Waals surface area contributed by atoms with Gasteiger partial charge in [-0.3, -0.25) is 0 Å². The van der Waals surface area contributed by atoms with Crippen molar-refractivity contribution in [1.82, 2.24) is 0 Å². The summed E-state index contributed by atoms with van der Waals surface area (Å²) in [4.78, 5) is 0.483. The Kier molecular flexibility index (Phi) is 6.21. The Labute approximate surface area is 90.2 Å². The van der Waals surface area contributed by atoms with Gasteiger partial charge in [-0.1, -0.05) is 36.2 Å². The van der Waals surface area contributed by atoms with Crippen molar-refractivity contribution in [3.8, 4) is 0 Å². The summed E-state index contributed by atoms with van der Waals surface area (Å²) in [5, 5.41) is 0. The van der Waals surface area contributed by atoms with E-state index in [1.165, 1.54) is 6.26 Å². The molecule has 0 amide bonds. The van der Waals surface area contributed by atoms with Gasteiger partial charge in [0.2, 0.25) is 0 Å². The van der Waals surface area contributed by atoms with E-state index in [0.717, 1.165) is 19.3 Å². The summed E-state index contributed by atoms with van der Waals surface area (Å²) in [7, 11) is -2.77. The van der Waals surface area contributed by atoms with Crippen LogP contribution in [0.3, 0.4) is 0 Å². The quantitative estimate of drug-likeness (QED) is 0.696. The number of halogens is 1. The maximum atomic E-state index is 10.9. The number of rotatable bonds is 6. The molecule has 0 aliphatic carbocycles. The van der Waals surface area contributed by atoms with Gasteiger partial charge in [0, 0.05) is 16.8 Å². The van der Waals surface area contributed by atoms with Crippen LogP contribution in [-0.2, 0) is 9.84 Å². The number of hydrogen-bond acceptors (Lipinski definition) is 2. The molecule has 80 valence electrons. The molecule has 0 N–H and O–H groups in total. The third-order valence-corrected chi connectivity index (χ3v) is 4.04. The maximum absolute atomic E-state index is 10.9. The summed E-state index contributed by atoms with van der Waals surface area (Å²) in [6.07, 6.45) is 4.19. The SMILES string of the molecule is CCC(CCCS(C)(=O)=O)C(C)Br. The molecule has 0 aromatic carbocycles. The van der Waals surface area contributed by atoms with Crippen molar-refractivity contribution < 1.29 is 8.42 Å². The molecule has 13 heavy (non-hydrogen) atoms. The zero-order valence-corrected chi connectivity index (χ0v) is 11.0. The van der Waals surface area contributed by atoms with E-state index in [4.69, 9.17) is 0 Å². The van der Waals surface area contributed by atoms with Gasteiger partial charge in [-0.25, -0.2) is 8.42 Å². The van der Waals surface area contributed by atoms with Crippen LogP contribution < -0.4 is 0 Å². The molecule has 2 atom stereocenters. The van der Waals surface area contributed by atoms with E-state index in [1.54, 1.807) is 0 Å². The summed E-state index contributed by atoms with van der Waals surface area (Å²) in [5.41, 5.74) is 0. The largest absolute Gasteiger partial charge is 0.229 e. The average molecular weight is 271 g/mol. The first-order valence-corrected chi connectivity index (χ1v) is 7.66. The van der Waals surface area contributed by atoms with E-state index in [9.17, 15) is 8.42 Å². The first kappa shape index (κ1) is 13.4. The topological polar surface area (TPSA) is 34.1 Å². The van der Waals surface area contributed by atoms with Gasteiger partial charge in [0.15, 0.2) is 0 Å². The zero-order chi connectivity index (χ0) is 10.5. The van der Waals surface area contributed by atoms with Gasteiger partial charge in [0.05, 0.1) is 0 Å². The lowest BCUT2D eigenvalue weighted by molar-refractivity contribution is 0.465. The molecule has 0 saturated heterocycles. The highest BCUT2D eigenvalue weighted by Crippen LogP contribution is 2.21. The van der Waals surface area contributed by atoms with Crippen LogP contribution in [-0.4, -0.2) is 25.3 Å². The Morgan fingerprint density at radius 3 is 2.23 bits per heavy atom. The normalized spacial score (nSPS) is 16.9. The van der Waals surface area contributed by atoms with Gasteiger partial charge >= 0.3 is 0 Å². The summed E-state index contributed by atoms with van der Waals surface area (Å²) in [6, 6.07) is 0. The Balaban J connectivity index is 3.74. The molecule has 0 saturated carbocycles. The van der Waals surface area contributed by atoms with E-state index >= 15 is 0 Å². The highest BCUT2D eigenvalue weighted by molar-refractivity contribution is 9.09. The molecule has 0 aromatic rings. The Morgan fingerprint density at radius 2 is 1.92 bits per heavy atom. The second-order valence-electron chi connectivity index (χ2n) is 3.62. The minimum atomic E-state index is -2.77. The molecule has 4 heteroatoms. The van der Waals surface area contributed by atoms with Gasteiger partial charge in [-0.05, 0) is 18.8 Å². The van der Waals surface area contributed by atoms with Crippen LogP contribution in [0.25, 0.3) is 0 Å². The van der Waals surface area contributed by atoms with Crippen LogP contribution in [0, 0.1) is 5.92 Å². The molecule has 0 aliphatic heterocycles. The fourth-order valence-corrected chi connectivity index (χ4v) is 2.70. The lowest BCUT2D eigenvalue weighted by Gasteiger charge is -2.16. The first-order valence-electron chi connectivity index (χ1n) is 4.68. The molecule has 2 nitrogen and oxygen atoms in total. The summed E-state index contributed by atoms with van der Waals surface area (Å²) < 4.78 is 21.7. The zero-order valence-electron chi connectivity index (χ0n) is 8.59. The predicted octanol–water partition coefficient (Wildman–Crippen LogP) is 2.62. The monoisotopic (exact) mass is 270 g/mol. The van der Waals surface area contributed by atoms with Crippen molar-refractivity contribution >= 4 is 25.8 Å². The molecule has 0 rings (SSSR count). The highest BCUT2D eigenvalue weighted by atomic mass is 79.9. The molecule has 0 bridgehead atoms. The number of alkyl halides is 1. The fourth-order valence-electron chi connectivity index (χ4n) is 1.37. The van der Waals surface area contributed by atoms with Gasteiger partial charge < -0.3 is 0 Å². The minimum absolute atomic E-state index is 0.323. The van der Waals surface area contributed by atoms with E-state index in [-0.39, 0.29) is 0 Å². The molecule has 0 radical (unpaired) electrons. The van der Waals surface area contributed by atoms with E-state index in [2.05, 4.69) is 29.8 Å². The van der Waals surface area contributed by atoms with Crippen molar-refractivity contribution in [1.29, 1.82) is 0 Å². The van der Waals surface area contributed by atoms with Crippen LogP contribution in [0.2, 0.25) is 0 Å². The van der Waals surface area contributed by atoms with Crippen molar-refractivity contribution in [2.75, 3.05) is 12.0 Å². The number of sulfone groups is 1. The third-order valence-electron chi connectivity index (χ3n) is 2.26. The van der Waals surface area contributed by atoms with Crippen molar-refractivity contribution in [3.63, 3.8) is 0 Å². The van der Waals surface area contributed by atoms with E-state index < -0.39 is 9.84 Å². The van der Waals surface area contributed by atoms with Gasteiger partial charge in [0.25, 0.3) is 0 Å². The summed E-state index contributed by atoms with van der Waals surface area (Å²) >= 11 is 3.53. The van der Waals surface area contributed by atoms with Gasteiger partial charge in [-0.2, -0.15) is 0 Å². The molecular formula is C9H19BrO2S. The standard InChI is InChI=1S/C9H19BrO2S/c1-4-9(8(2)10)6-5-7-13(3,11)12/h8-9H,4-7H2,1-3H3. The third kappa shape index (κ3) is 7.50. The Morgan fingerprint density at radius 1 is 1.38 bits per heavy atom. The van der Waals surface area contributed by atoms with Crippen LogP contribution in [0.1, 0.15) is 33.1 Å². The summed E-state index contributed by atoms with van der Waals surface area (Å²) in [5.74, 6) is 0.921. The molecule has 0 heterocycles. The van der Waals surface area contributed by atoms with Crippen LogP contribution in [0.4, 0.5) is 0 Å². The second kappa shape index (κ2) is 6.02. The molecule has 2 unspecified atom stereocenters. The average Bonchev–Trinajstić information content (AvgIpc) is 1.95. The maximum Gasteiger partial charge on any atom is 0.147 e. The first-order chi connectivity index (χ1) is 5.87. The molecule has 0 aromatic heterocycles. The minimum Gasteiger partial charge on any atom is -0.229 e. The highest BCUT2D eigenvalue weighted by Gasteiger charge is 2.13. The Bertz CT molecular complexity index is 222. The van der Waals surface area contributed by atoms with E-state index in [0.29, 0.717) is 16.5 Å². The molecular weight excluding hydrogens is 252 g/mol. The Hall–Kier alpha value is 0.430.